The number of aromatic nitrogens is 4. The Morgan fingerprint density at radius 3 is 2.50 bits per heavy atom. The second kappa shape index (κ2) is 8.33. The first-order valence-electron chi connectivity index (χ1n) is 10.4. The molecular formula is C22H19ClN4O7. The summed E-state index contributed by atoms with van der Waals surface area (Å²) in [7, 11) is 0. The zero-order valence-electron chi connectivity index (χ0n) is 18.1. The molecule has 1 saturated carbocycles. The molecule has 5 rings (SSSR count). The second-order valence-electron chi connectivity index (χ2n) is 8.02. The lowest BCUT2D eigenvalue weighted by atomic mass is 10.1. The van der Waals surface area contributed by atoms with Gasteiger partial charge in [0.1, 0.15) is 17.9 Å². The van der Waals surface area contributed by atoms with Crippen LogP contribution in [0.25, 0.3) is 11.2 Å². The molecule has 0 bridgehead atoms. The van der Waals surface area contributed by atoms with Gasteiger partial charge in [-0.2, -0.15) is 0 Å². The van der Waals surface area contributed by atoms with E-state index >= 15 is 0 Å². The van der Waals surface area contributed by atoms with Crippen molar-refractivity contribution in [1.29, 1.82) is 0 Å². The molecule has 0 amide bonds. The van der Waals surface area contributed by atoms with Gasteiger partial charge < -0.3 is 18.9 Å². The SMILES string of the molecule is CC(=O)OC1[C@H](OC(C)=O)[C@H](n2cnc3c(Cl)ncnc32)O[C@@]12C[C@H]2OC(=O)c1ccccc1. The number of imidazole rings is 1. The number of hydrogen-bond donors (Lipinski definition) is 0. The highest BCUT2D eigenvalue weighted by Crippen LogP contribution is 2.57. The fraction of sp³-hybridized carbons (Fsp3) is 0.364. The van der Waals surface area contributed by atoms with Crippen molar-refractivity contribution in [2.75, 3.05) is 0 Å². The molecule has 1 unspecified atom stereocenters. The van der Waals surface area contributed by atoms with Gasteiger partial charge >= 0.3 is 17.9 Å². The fourth-order valence-electron chi connectivity index (χ4n) is 4.24. The molecule has 1 aliphatic carbocycles. The molecule has 2 fully saturated rings. The molecule has 34 heavy (non-hydrogen) atoms. The Morgan fingerprint density at radius 2 is 1.79 bits per heavy atom. The van der Waals surface area contributed by atoms with Crippen LogP contribution in [0.5, 0.6) is 0 Å². The van der Waals surface area contributed by atoms with Gasteiger partial charge in [0, 0.05) is 20.3 Å². The average Bonchev–Trinajstić information content (AvgIpc) is 3.16. The largest absolute Gasteiger partial charge is 0.455 e. The van der Waals surface area contributed by atoms with Crippen LogP contribution in [0.3, 0.4) is 0 Å². The van der Waals surface area contributed by atoms with Crippen LogP contribution in [-0.4, -0.2) is 61.3 Å². The van der Waals surface area contributed by atoms with Gasteiger partial charge in [-0.1, -0.05) is 29.8 Å². The first-order valence-corrected chi connectivity index (χ1v) is 10.8. The second-order valence-corrected chi connectivity index (χ2v) is 8.38. The van der Waals surface area contributed by atoms with Crippen LogP contribution in [-0.2, 0) is 28.5 Å². The van der Waals surface area contributed by atoms with Gasteiger partial charge in [-0.3, -0.25) is 14.2 Å². The summed E-state index contributed by atoms with van der Waals surface area (Å²) in [5.74, 6) is -1.76. The smallest absolute Gasteiger partial charge is 0.338 e. The van der Waals surface area contributed by atoms with Gasteiger partial charge in [0.05, 0.1) is 11.9 Å². The minimum Gasteiger partial charge on any atom is -0.455 e. The first kappa shape index (κ1) is 22.2. The molecule has 0 N–H and O–H groups in total. The maximum Gasteiger partial charge on any atom is 0.338 e. The molecular weight excluding hydrogens is 468 g/mol. The number of hydrogen-bond acceptors (Lipinski definition) is 10. The molecule has 1 aliphatic heterocycles. The summed E-state index contributed by atoms with van der Waals surface area (Å²) < 4.78 is 24.6. The van der Waals surface area contributed by atoms with E-state index in [1.54, 1.807) is 30.3 Å². The molecule has 2 aliphatic rings. The Morgan fingerprint density at radius 1 is 1.06 bits per heavy atom. The van der Waals surface area contributed by atoms with E-state index < -0.39 is 48.0 Å². The van der Waals surface area contributed by atoms with Crippen molar-refractivity contribution in [3.8, 4) is 0 Å². The molecule has 1 aromatic carbocycles. The quantitative estimate of drug-likeness (QED) is 0.300. The van der Waals surface area contributed by atoms with Crippen molar-refractivity contribution in [2.24, 2.45) is 0 Å². The Kier molecular flexibility index (Phi) is 5.45. The van der Waals surface area contributed by atoms with E-state index in [0.717, 1.165) is 0 Å². The molecule has 3 heterocycles. The normalized spacial score (nSPS) is 27.5. The third kappa shape index (κ3) is 3.76. The van der Waals surface area contributed by atoms with Crippen molar-refractivity contribution >= 4 is 40.7 Å². The predicted molar refractivity (Wildman–Crippen MR) is 115 cm³/mol. The topological polar surface area (TPSA) is 132 Å². The Hall–Kier alpha value is -3.57. The van der Waals surface area contributed by atoms with Gasteiger partial charge in [-0.05, 0) is 12.1 Å². The van der Waals surface area contributed by atoms with Gasteiger partial charge in [0.25, 0.3) is 0 Å². The summed E-state index contributed by atoms with van der Waals surface area (Å²) in [4.78, 5) is 48.9. The summed E-state index contributed by atoms with van der Waals surface area (Å²) in [6.07, 6.45) is -0.899. The highest BCUT2D eigenvalue weighted by Gasteiger charge is 2.74. The van der Waals surface area contributed by atoms with Crippen molar-refractivity contribution in [3.63, 3.8) is 0 Å². The molecule has 1 spiro atoms. The maximum absolute atomic E-state index is 12.6. The lowest BCUT2D eigenvalue weighted by Crippen LogP contribution is -2.41. The number of nitrogens with zero attached hydrogens (tertiary/aromatic N) is 4. The molecule has 5 atom stereocenters. The molecule has 3 aromatic rings. The number of benzene rings is 1. The number of halogens is 1. The molecule has 1 saturated heterocycles. The average molecular weight is 487 g/mol. The van der Waals surface area contributed by atoms with Crippen LogP contribution in [0, 0.1) is 0 Å². The van der Waals surface area contributed by atoms with Crippen molar-refractivity contribution in [3.05, 3.63) is 53.7 Å². The fourth-order valence-corrected chi connectivity index (χ4v) is 4.41. The number of fused-ring (bicyclic) bond motifs is 1. The monoisotopic (exact) mass is 486 g/mol. The number of ether oxygens (including phenoxy) is 4. The molecule has 0 radical (unpaired) electrons. The van der Waals surface area contributed by atoms with E-state index in [1.165, 1.54) is 31.1 Å². The summed E-state index contributed by atoms with van der Waals surface area (Å²) >= 11 is 6.12. The van der Waals surface area contributed by atoms with Gasteiger partial charge in [-0.15, -0.1) is 0 Å². The van der Waals surface area contributed by atoms with E-state index in [0.29, 0.717) is 16.7 Å². The van der Waals surface area contributed by atoms with Crippen molar-refractivity contribution in [2.45, 2.75) is 50.4 Å². The number of carbonyl (C=O) groups excluding carboxylic acids is 3. The van der Waals surface area contributed by atoms with Crippen LogP contribution < -0.4 is 0 Å². The van der Waals surface area contributed by atoms with Crippen LogP contribution >= 0.6 is 11.6 Å². The standard InChI is InChI=1S/C22H19ClN4O7/c1-11(28)31-16-17(32-12(2)29)22(8-14(22)33-21(30)13-6-4-3-5-7-13)34-20(16)27-10-26-15-18(23)24-9-25-19(15)27/h3-7,9-10,14,16-17,20H,8H2,1-2H3/t14-,16+,17?,20-,22-/m1/s1. The Bertz CT molecular complexity index is 1280. The van der Waals surface area contributed by atoms with Crippen LogP contribution in [0.15, 0.2) is 43.0 Å². The number of carbonyl (C=O) groups is 3. The summed E-state index contributed by atoms with van der Waals surface area (Å²) in [6.45, 7) is 2.47. The summed E-state index contributed by atoms with van der Waals surface area (Å²) in [6, 6.07) is 8.48. The van der Waals surface area contributed by atoms with E-state index in [9.17, 15) is 14.4 Å². The van der Waals surface area contributed by atoms with Crippen LogP contribution in [0.2, 0.25) is 5.15 Å². The minimum absolute atomic E-state index is 0.137. The van der Waals surface area contributed by atoms with Crippen LogP contribution in [0.1, 0.15) is 36.9 Å². The third-order valence-electron chi connectivity index (χ3n) is 5.73. The Labute approximate surface area is 197 Å². The van der Waals surface area contributed by atoms with E-state index in [1.807, 2.05) is 0 Å². The zero-order valence-corrected chi connectivity index (χ0v) is 18.8. The summed E-state index contributed by atoms with van der Waals surface area (Å²) in [5.41, 5.74) is -0.193. The highest BCUT2D eigenvalue weighted by molar-refractivity contribution is 6.33. The van der Waals surface area contributed by atoms with Crippen molar-refractivity contribution in [1.82, 2.24) is 19.5 Å². The lowest BCUT2D eigenvalue weighted by Gasteiger charge is -2.24. The highest BCUT2D eigenvalue weighted by atomic mass is 35.5. The maximum atomic E-state index is 12.6. The van der Waals surface area contributed by atoms with E-state index in [4.69, 9.17) is 30.5 Å². The lowest BCUT2D eigenvalue weighted by molar-refractivity contribution is -0.166. The Balaban J connectivity index is 1.50. The molecule has 11 nitrogen and oxygen atoms in total. The predicted octanol–water partition coefficient (Wildman–Crippen LogP) is 2.24. The number of rotatable bonds is 5. The minimum atomic E-state index is -1.21. The van der Waals surface area contributed by atoms with Crippen molar-refractivity contribution < 1.29 is 33.3 Å². The zero-order chi connectivity index (χ0) is 24.0. The number of esters is 3. The van der Waals surface area contributed by atoms with Gasteiger partial charge in [0.2, 0.25) is 0 Å². The van der Waals surface area contributed by atoms with E-state index in [2.05, 4.69) is 15.0 Å². The van der Waals surface area contributed by atoms with Gasteiger partial charge in [0.15, 0.2) is 34.8 Å². The first-order chi connectivity index (χ1) is 16.3. The molecule has 12 heteroatoms. The van der Waals surface area contributed by atoms with Gasteiger partial charge in [-0.25, -0.2) is 19.7 Å². The van der Waals surface area contributed by atoms with E-state index in [-0.39, 0.29) is 11.6 Å². The molecule has 176 valence electrons. The summed E-state index contributed by atoms with van der Waals surface area (Å²) in [5, 5.41) is 0.137. The third-order valence-corrected chi connectivity index (χ3v) is 6.01. The molecule has 2 aromatic heterocycles. The van der Waals surface area contributed by atoms with Crippen LogP contribution in [0.4, 0.5) is 0 Å².